The Labute approximate surface area is 139 Å². The Morgan fingerprint density at radius 1 is 1.05 bits per heavy atom. The van der Waals surface area contributed by atoms with Gasteiger partial charge in [-0.15, -0.1) is 0 Å². The Morgan fingerprint density at radius 3 is 2.10 bits per heavy atom. The number of carbonyl (C=O) groups excluding carboxylic acids is 1. The van der Waals surface area contributed by atoms with Crippen LogP contribution >= 0.6 is 15.9 Å². The predicted molar refractivity (Wildman–Crippen MR) is 92.8 cm³/mol. The highest BCUT2D eigenvalue weighted by molar-refractivity contribution is 9.09. The molecule has 0 spiro atoms. The molecule has 21 heavy (non-hydrogen) atoms. The van der Waals surface area contributed by atoms with E-state index in [1.807, 2.05) is 13.8 Å². The van der Waals surface area contributed by atoms with Crippen LogP contribution in [0, 0.1) is 10.8 Å². The van der Waals surface area contributed by atoms with Gasteiger partial charge in [-0.3, -0.25) is 4.79 Å². The quantitative estimate of drug-likeness (QED) is 0.437. The summed E-state index contributed by atoms with van der Waals surface area (Å²) in [5.41, 5.74) is -0.235. The average molecular weight is 361 g/mol. The Bertz CT molecular complexity index is 315. The van der Waals surface area contributed by atoms with Gasteiger partial charge in [-0.25, -0.2) is 0 Å². The first-order valence-corrected chi connectivity index (χ1v) is 9.66. The van der Waals surface area contributed by atoms with Crippen LogP contribution in [0.1, 0.15) is 85.5 Å². The number of rotatable bonds is 6. The molecule has 0 heterocycles. The van der Waals surface area contributed by atoms with Crippen molar-refractivity contribution in [2.45, 2.75) is 91.6 Å². The summed E-state index contributed by atoms with van der Waals surface area (Å²) in [6, 6.07) is 0. The lowest BCUT2D eigenvalue weighted by atomic mass is 9.73. The Balaban J connectivity index is 2.54. The van der Waals surface area contributed by atoms with Gasteiger partial charge in [0.05, 0.1) is 5.41 Å². The van der Waals surface area contributed by atoms with Gasteiger partial charge in [0.1, 0.15) is 6.10 Å². The maximum Gasteiger partial charge on any atom is 0.311 e. The minimum Gasteiger partial charge on any atom is -0.462 e. The summed E-state index contributed by atoms with van der Waals surface area (Å²) in [6.45, 7) is 8.54. The van der Waals surface area contributed by atoms with Crippen molar-refractivity contribution in [2.24, 2.45) is 10.8 Å². The van der Waals surface area contributed by atoms with Crippen molar-refractivity contribution in [3.63, 3.8) is 0 Å². The number of hydrogen-bond acceptors (Lipinski definition) is 2. The van der Waals surface area contributed by atoms with Crippen molar-refractivity contribution in [1.82, 2.24) is 0 Å². The molecule has 1 saturated carbocycles. The van der Waals surface area contributed by atoms with Crippen LogP contribution < -0.4 is 0 Å². The van der Waals surface area contributed by atoms with E-state index in [0.717, 1.165) is 31.0 Å². The van der Waals surface area contributed by atoms with E-state index in [9.17, 15) is 4.79 Å². The first-order chi connectivity index (χ1) is 9.77. The van der Waals surface area contributed by atoms with Crippen LogP contribution in [0.2, 0.25) is 0 Å². The van der Waals surface area contributed by atoms with Crippen molar-refractivity contribution in [1.29, 1.82) is 0 Å². The fourth-order valence-corrected chi connectivity index (χ4v) is 4.53. The van der Waals surface area contributed by atoms with Gasteiger partial charge in [-0.1, -0.05) is 49.0 Å². The molecule has 1 aliphatic rings. The maximum absolute atomic E-state index is 12.6. The largest absolute Gasteiger partial charge is 0.462 e. The predicted octanol–water partition coefficient (Wildman–Crippen LogP) is 5.87. The summed E-state index contributed by atoms with van der Waals surface area (Å²) in [7, 11) is 0. The highest BCUT2D eigenvalue weighted by Gasteiger charge is 2.36. The molecule has 0 unspecified atom stereocenters. The highest BCUT2D eigenvalue weighted by atomic mass is 79.9. The second kappa shape index (κ2) is 8.55. The molecule has 124 valence electrons. The van der Waals surface area contributed by atoms with Gasteiger partial charge >= 0.3 is 5.97 Å². The third-order valence-corrected chi connectivity index (χ3v) is 4.97. The van der Waals surface area contributed by atoms with Gasteiger partial charge in [0.25, 0.3) is 0 Å². The maximum atomic E-state index is 12.6. The van der Waals surface area contributed by atoms with E-state index in [1.54, 1.807) is 0 Å². The third kappa shape index (κ3) is 7.17. The standard InChI is InChI=1S/C18H33BrO2/c1-17(2,12-13-19)14-18(3,4)16(20)21-15-10-8-6-5-7-9-11-15/h15H,5-14H2,1-4H3. The zero-order valence-corrected chi connectivity index (χ0v) is 15.9. The van der Waals surface area contributed by atoms with Crippen LogP contribution in [0.25, 0.3) is 0 Å². The molecule has 0 saturated heterocycles. The second-order valence-electron chi connectivity index (χ2n) is 8.04. The Morgan fingerprint density at radius 2 is 1.57 bits per heavy atom. The zero-order valence-electron chi connectivity index (χ0n) is 14.3. The lowest BCUT2D eigenvalue weighted by molar-refractivity contribution is -0.162. The second-order valence-corrected chi connectivity index (χ2v) is 8.83. The van der Waals surface area contributed by atoms with E-state index in [0.29, 0.717) is 0 Å². The Hall–Kier alpha value is -0.0500. The molecule has 2 nitrogen and oxygen atoms in total. The summed E-state index contributed by atoms with van der Waals surface area (Å²) < 4.78 is 5.87. The molecule has 0 N–H and O–H groups in total. The number of ether oxygens (including phenoxy) is 1. The van der Waals surface area contributed by atoms with Crippen LogP contribution in [0.5, 0.6) is 0 Å². The summed E-state index contributed by atoms with van der Waals surface area (Å²) in [5, 5.41) is 0.980. The molecule has 0 amide bonds. The van der Waals surface area contributed by atoms with Gasteiger partial charge in [0.15, 0.2) is 0 Å². The van der Waals surface area contributed by atoms with Crippen molar-refractivity contribution < 1.29 is 9.53 Å². The third-order valence-electron chi connectivity index (χ3n) is 4.57. The number of halogens is 1. The molecule has 0 aromatic rings. The minimum absolute atomic E-state index is 0.00396. The first kappa shape index (κ1) is 19.0. The van der Waals surface area contributed by atoms with E-state index in [2.05, 4.69) is 29.8 Å². The van der Waals surface area contributed by atoms with Gasteiger partial charge in [0.2, 0.25) is 0 Å². The van der Waals surface area contributed by atoms with E-state index < -0.39 is 5.41 Å². The van der Waals surface area contributed by atoms with Crippen LogP contribution in [0.4, 0.5) is 0 Å². The van der Waals surface area contributed by atoms with Gasteiger partial charge in [-0.05, 0) is 57.8 Å². The van der Waals surface area contributed by atoms with Crippen LogP contribution in [0.15, 0.2) is 0 Å². The van der Waals surface area contributed by atoms with Gasteiger partial charge in [0, 0.05) is 5.33 Å². The van der Waals surface area contributed by atoms with Crippen molar-refractivity contribution in [3.05, 3.63) is 0 Å². The van der Waals surface area contributed by atoms with Gasteiger partial charge < -0.3 is 4.74 Å². The minimum atomic E-state index is -0.395. The number of hydrogen-bond donors (Lipinski definition) is 0. The fourth-order valence-electron chi connectivity index (χ4n) is 3.46. The normalized spacial score (nSPS) is 18.9. The molecule has 0 radical (unpaired) electrons. The van der Waals surface area contributed by atoms with E-state index in [-0.39, 0.29) is 17.5 Å². The smallest absolute Gasteiger partial charge is 0.311 e. The van der Waals surface area contributed by atoms with Crippen molar-refractivity contribution in [2.75, 3.05) is 5.33 Å². The fraction of sp³-hybridized carbons (Fsp3) is 0.944. The number of esters is 1. The molecule has 0 aromatic carbocycles. The number of alkyl halides is 1. The van der Waals surface area contributed by atoms with Crippen molar-refractivity contribution in [3.8, 4) is 0 Å². The molecule has 1 rings (SSSR count). The average Bonchev–Trinajstić information content (AvgIpc) is 2.30. The summed E-state index contributed by atoms with van der Waals surface area (Å²) in [6.07, 6.45) is 10.5. The summed E-state index contributed by atoms with van der Waals surface area (Å²) >= 11 is 3.51. The summed E-state index contributed by atoms with van der Waals surface area (Å²) in [5.74, 6) is -0.00396. The molecule has 1 aliphatic carbocycles. The molecular formula is C18H33BrO2. The zero-order chi connectivity index (χ0) is 15.9. The Kier molecular flexibility index (Phi) is 7.73. The highest BCUT2D eigenvalue weighted by Crippen LogP contribution is 2.38. The van der Waals surface area contributed by atoms with Crippen LogP contribution in [0.3, 0.4) is 0 Å². The SMILES string of the molecule is CC(C)(CCBr)CC(C)(C)C(=O)OC1CCCCCCC1. The monoisotopic (exact) mass is 360 g/mol. The molecule has 0 bridgehead atoms. The summed E-state index contributed by atoms with van der Waals surface area (Å²) in [4.78, 5) is 12.6. The lowest BCUT2D eigenvalue weighted by Gasteiger charge is -2.34. The molecular weight excluding hydrogens is 328 g/mol. The molecule has 3 heteroatoms. The first-order valence-electron chi connectivity index (χ1n) is 8.54. The van der Waals surface area contributed by atoms with Crippen LogP contribution in [-0.4, -0.2) is 17.4 Å². The van der Waals surface area contributed by atoms with E-state index in [1.165, 1.54) is 32.1 Å². The van der Waals surface area contributed by atoms with E-state index in [4.69, 9.17) is 4.74 Å². The lowest BCUT2D eigenvalue weighted by Crippen LogP contribution is -2.35. The van der Waals surface area contributed by atoms with Crippen LogP contribution in [-0.2, 0) is 9.53 Å². The molecule has 1 fully saturated rings. The van der Waals surface area contributed by atoms with Crippen molar-refractivity contribution >= 4 is 21.9 Å². The molecule has 0 atom stereocenters. The molecule has 0 aliphatic heterocycles. The van der Waals surface area contributed by atoms with E-state index >= 15 is 0 Å². The number of carbonyl (C=O) groups is 1. The molecule has 0 aromatic heterocycles. The topological polar surface area (TPSA) is 26.3 Å². The van der Waals surface area contributed by atoms with Gasteiger partial charge in [-0.2, -0.15) is 0 Å².